The maximum absolute atomic E-state index is 11.3. The Bertz CT molecular complexity index is 325. The standard InChI is InChI=1S/C12H14O3/c1-3-5-7-9-10(8-6-4-2)12(14)15-11(9)13/h3-6H,7-8H2,1-2H3. The monoisotopic (exact) mass is 206 g/mol. The molecular weight excluding hydrogens is 192 g/mol. The van der Waals surface area contributed by atoms with Crippen LogP contribution < -0.4 is 0 Å². The highest BCUT2D eigenvalue weighted by Crippen LogP contribution is 2.23. The summed E-state index contributed by atoms with van der Waals surface area (Å²) in [6, 6.07) is 0. The molecular formula is C12H14O3. The van der Waals surface area contributed by atoms with Crippen molar-refractivity contribution in [3.8, 4) is 0 Å². The van der Waals surface area contributed by atoms with Crippen molar-refractivity contribution < 1.29 is 14.3 Å². The first-order valence-electron chi connectivity index (χ1n) is 4.91. The van der Waals surface area contributed by atoms with Crippen LogP contribution in [0.2, 0.25) is 0 Å². The van der Waals surface area contributed by atoms with E-state index in [2.05, 4.69) is 4.74 Å². The Labute approximate surface area is 89.1 Å². The van der Waals surface area contributed by atoms with Crippen LogP contribution in [0.5, 0.6) is 0 Å². The van der Waals surface area contributed by atoms with Crippen LogP contribution in [0, 0.1) is 0 Å². The first kappa shape index (κ1) is 11.4. The smallest absolute Gasteiger partial charge is 0.342 e. The summed E-state index contributed by atoms with van der Waals surface area (Å²) in [7, 11) is 0. The first-order valence-corrected chi connectivity index (χ1v) is 4.91. The zero-order valence-electron chi connectivity index (χ0n) is 8.95. The SMILES string of the molecule is CC=CCC1=C(CC=CC)C(=O)OC1=O. The van der Waals surface area contributed by atoms with Gasteiger partial charge in [0, 0.05) is 0 Å². The Kier molecular flexibility index (Phi) is 4.03. The van der Waals surface area contributed by atoms with Crippen molar-refractivity contribution in [2.75, 3.05) is 0 Å². The molecule has 80 valence electrons. The van der Waals surface area contributed by atoms with E-state index in [1.54, 1.807) is 0 Å². The maximum atomic E-state index is 11.3. The lowest BCUT2D eigenvalue weighted by Gasteiger charge is -1.94. The summed E-state index contributed by atoms with van der Waals surface area (Å²) in [5.74, 6) is -1.00. The Hall–Kier alpha value is -1.64. The van der Waals surface area contributed by atoms with E-state index in [-0.39, 0.29) is 0 Å². The zero-order chi connectivity index (χ0) is 11.3. The fourth-order valence-electron chi connectivity index (χ4n) is 1.34. The highest BCUT2D eigenvalue weighted by atomic mass is 16.6. The summed E-state index contributed by atoms with van der Waals surface area (Å²) in [5, 5.41) is 0. The molecule has 0 N–H and O–H groups in total. The molecule has 0 saturated heterocycles. The van der Waals surface area contributed by atoms with Crippen LogP contribution in [0.25, 0.3) is 0 Å². The molecule has 0 atom stereocenters. The van der Waals surface area contributed by atoms with Gasteiger partial charge in [-0.3, -0.25) is 0 Å². The van der Waals surface area contributed by atoms with Crippen molar-refractivity contribution in [3.63, 3.8) is 0 Å². The molecule has 0 aromatic carbocycles. The molecule has 1 aliphatic heterocycles. The molecule has 0 bridgehead atoms. The molecule has 0 spiro atoms. The average Bonchev–Trinajstić information content (AvgIpc) is 2.47. The lowest BCUT2D eigenvalue weighted by atomic mass is 10.0. The van der Waals surface area contributed by atoms with Gasteiger partial charge >= 0.3 is 11.9 Å². The van der Waals surface area contributed by atoms with Gasteiger partial charge in [-0.25, -0.2) is 9.59 Å². The molecule has 0 radical (unpaired) electrons. The molecule has 0 saturated carbocycles. The van der Waals surface area contributed by atoms with E-state index < -0.39 is 11.9 Å². The number of carbonyl (C=O) groups is 2. The molecule has 0 aromatic heterocycles. The van der Waals surface area contributed by atoms with Crippen LogP contribution in [0.4, 0.5) is 0 Å². The second kappa shape index (κ2) is 5.29. The van der Waals surface area contributed by atoms with Gasteiger partial charge in [-0.2, -0.15) is 0 Å². The minimum absolute atomic E-state index is 0.466. The minimum atomic E-state index is -0.502. The average molecular weight is 206 g/mol. The molecule has 0 unspecified atom stereocenters. The molecule has 0 aromatic rings. The van der Waals surface area contributed by atoms with Gasteiger partial charge in [0.25, 0.3) is 0 Å². The summed E-state index contributed by atoms with van der Waals surface area (Å²) < 4.78 is 4.56. The van der Waals surface area contributed by atoms with Crippen LogP contribution in [0.15, 0.2) is 35.5 Å². The molecule has 1 aliphatic rings. The predicted octanol–water partition coefficient (Wildman–Crippen LogP) is 2.30. The number of cyclic esters (lactones) is 2. The third-order valence-corrected chi connectivity index (χ3v) is 2.16. The van der Waals surface area contributed by atoms with E-state index in [4.69, 9.17) is 0 Å². The molecule has 15 heavy (non-hydrogen) atoms. The van der Waals surface area contributed by atoms with Crippen LogP contribution in [-0.4, -0.2) is 11.9 Å². The number of esters is 2. The fraction of sp³-hybridized carbons (Fsp3) is 0.333. The number of allylic oxidation sites excluding steroid dienone is 4. The zero-order valence-corrected chi connectivity index (χ0v) is 8.95. The van der Waals surface area contributed by atoms with E-state index in [1.165, 1.54) is 0 Å². The minimum Gasteiger partial charge on any atom is -0.386 e. The Balaban J connectivity index is 2.92. The maximum Gasteiger partial charge on any atom is 0.342 e. The largest absolute Gasteiger partial charge is 0.386 e. The van der Waals surface area contributed by atoms with Crippen LogP contribution in [-0.2, 0) is 14.3 Å². The highest BCUT2D eigenvalue weighted by Gasteiger charge is 2.30. The van der Waals surface area contributed by atoms with E-state index in [0.717, 1.165) is 0 Å². The van der Waals surface area contributed by atoms with Gasteiger partial charge in [-0.15, -0.1) is 0 Å². The van der Waals surface area contributed by atoms with E-state index in [1.807, 2.05) is 38.2 Å². The van der Waals surface area contributed by atoms with Gasteiger partial charge in [0.2, 0.25) is 0 Å². The topological polar surface area (TPSA) is 43.4 Å². The van der Waals surface area contributed by atoms with Crippen molar-refractivity contribution >= 4 is 11.9 Å². The summed E-state index contributed by atoms with van der Waals surface area (Å²) in [4.78, 5) is 22.6. The molecule has 1 heterocycles. The lowest BCUT2D eigenvalue weighted by Crippen LogP contribution is -2.01. The van der Waals surface area contributed by atoms with E-state index >= 15 is 0 Å². The van der Waals surface area contributed by atoms with Gasteiger partial charge in [0.15, 0.2) is 0 Å². The van der Waals surface area contributed by atoms with E-state index in [0.29, 0.717) is 24.0 Å². The number of hydrogen-bond donors (Lipinski definition) is 0. The van der Waals surface area contributed by atoms with Crippen molar-refractivity contribution in [1.29, 1.82) is 0 Å². The van der Waals surface area contributed by atoms with Gasteiger partial charge < -0.3 is 4.74 Å². The number of carbonyl (C=O) groups excluding carboxylic acids is 2. The van der Waals surface area contributed by atoms with Gasteiger partial charge in [-0.1, -0.05) is 24.3 Å². The predicted molar refractivity (Wildman–Crippen MR) is 57.0 cm³/mol. The fourth-order valence-corrected chi connectivity index (χ4v) is 1.34. The number of hydrogen-bond acceptors (Lipinski definition) is 3. The second-order valence-corrected chi connectivity index (χ2v) is 3.18. The van der Waals surface area contributed by atoms with Gasteiger partial charge in [0.1, 0.15) is 0 Å². The van der Waals surface area contributed by atoms with Crippen LogP contribution >= 0.6 is 0 Å². The Morgan fingerprint density at radius 2 is 1.33 bits per heavy atom. The van der Waals surface area contributed by atoms with Gasteiger partial charge in [0.05, 0.1) is 11.1 Å². The molecule has 0 amide bonds. The van der Waals surface area contributed by atoms with Crippen molar-refractivity contribution in [2.24, 2.45) is 0 Å². The van der Waals surface area contributed by atoms with Crippen molar-refractivity contribution in [1.82, 2.24) is 0 Å². The van der Waals surface area contributed by atoms with Crippen molar-refractivity contribution in [2.45, 2.75) is 26.7 Å². The number of ether oxygens (including phenoxy) is 1. The highest BCUT2D eigenvalue weighted by molar-refractivity contribution is 6.12. The van der Waals surface area contributed by atoms with Crippen molar-refractivity contribution in [3.05, 3.63) is 35.5 Å². The third kappa shape index (κ3) is 2.65. The number of rotatable bonds is 4. The van der Waals surface area contributed by atoms with Crippen LogP contribution in [0.3, 0.4) is 0 Å². The summed E-state index contributed by atoms with van der Waals surface area (Å²) in [5.41, 5.74) is 0.965. The molecule has 0 fully saturated rings. The third-order valence-electron chi connectivity index (χ3n) is 2.16. The molecule has 1 rings (SSSR count). The molecule has 0 aliphatic carbocycles. The quantitative estimate of drug-likeness (QED) is 0.402. The van der Waals surface area contributed by atoms with Gasteiger partial charge in [-0.05, 0) is 26.7 Å². The first-order chi connectivity index (χ1) is 7.20. The summed E-state index contributed by atoms with van der Waals surface area (Å²) in [6.07, 6.45) is 8.30. The Morgan fingerprint density at radius 3 is 1.67 bits per heavy atom. The van der Waals surface area contributed by atoms with Crippen LogP contribution in [0.1, 0.15) is 26.7 Å². The lowest BCUT2D eigenvalue weighted by molar-refractivity contribution is -0.151. The molecule has 3 heteroatoms. The summed E-state index contributed by atoms with van der Waals surface area (Å²) in [6.45, 7) is 3.74. The second-order valence-electron chi connectivity index (χ2n) is 3.18. The normalized spacial score (nSPS) is 17.2. The van der Waals surface area contributed by atoms with E-state index in [9.17, 15) is 9.59 Å². The Morgan fingerprint density at radius 1 is 0.933 bits per heavy atom. The molecule has 3 nitrogen and oxygen atoms in total. The summed E-state index contributed by atoms with van der Waals surface area (Å²) >= 11 is 0.